The van der Waals surface area contributed by atoms with Crippen LogP contribution in [0.5, 0.6) is 0 Å². The Bertz CT molecular complexity index is 1170. The maximum atomic E-state index is 13.2. The molecule has 0 radical (unpaired) electrons. The summed E-state index contributed by atoms with van der Waals surface area (Å²) in [5.74, 6) is 1.39. The minimum atomic E-state index is -0.168. The lowest BCUT2D eigenvalue weighted by Crippen LogP contribution is -2.36. The number of amides is 1. The Balaban J connectivity index is 1.20. The summed E-state index contributed by atoms with van der Waals surface area (Å²) in [6.07, 6.45) is 10.8. The van der Waals surface area contributed by atoms with E-state index in [0.29, 0.717) is 18.1 Å². The zero-order chi connectivity index (χ0) is 22.1. The fourth-order valence-corrected chi connectivity index (χ4v) is 4.97. The molecule has 8 heteroatoms. The van der Waals surface area contributed by atoms with Gasteiger partial charge in [-0.05, 0) is 68.2 Å². The Morgan fingerprint density at radius 1 is 1.22 bits per heavy atom. The average Bonchev–Trinajstić information content (AvgIpc) is 3.45. The van der Waals surface area contributed by atoms with E-state index >= 15 is 0 Å². The summed E-state index contributed by atoms with van der Waals surface area (Å²) in [6, 6.07) is 7.90. The van der Waals surface area contributed by atoms with E-state index in [4.69, 9.17) is 10.1 Å². The number of hydrogen-bond donors (Lipinski definition) is 0. The van der Waals surface area contributed by atoms with Gasteiger partial charge in [0.1, 0.15) is 11.9 Å². The Morgan fingerprint density at radius 3 is 2.88 bits per heavy atom. The fourth-order valence-electron chi connectivity index (χ4n) is 4.97. The summed E-state index contributed by atoms with van der Waals surface area (Å²) < 4.78 is 1.85. The van der Waals surface area contributed by atoms with E-state index in [1.165, 1.54) is 11.8 Å². The van der Waals surface area contributed by atoms with Crippen molar-refractivity contribution in [3.8, 4) is 6.07 Å². The third-order valence-electron chi connectivity index (χ3n) is 6.61. The van der Waals surface area contributed by atoms with Gasteiger partial charge in [0.05, 0.1) is 18.2 Å². The second kappa shape index (κ2) is 8.67. The number of nitrogens with zero attached hydrogens (tertiary/aromatic N) is 6. The summed E-state index contributed by atoms with van der Waals surface area (Å²) in [7, 11) is 0. The number of aryl methyl sites for hydroxylation is 1. The van der Waals surface area contributed by atoms with Crippen molar-refractivity contribution in [2.45, 2.75) is 51.5 Å². The van der Waals surface area contributed by atoms with Crippen LogP contribution in [0.1, 0.15) is 60.7 Å². The van der Waals surface area contributed by atoms with Crippen LogP contribution in [0.4, 0.5) is 0 Å². The maximum Gasteiger partial charge on any atom is 0.249 e. The number of aromatic nitrogens is 4. The molecule has 0 aromatic carbocycles. The number of carbonyl (C=O) groups excluding carboxylic acids is 1. The van der Waals surface area contributed by atoms with Crippen LogP contribution in [0.2, 0.25) is 0 Å². The van der Waals surface area contributed by atoms with E-state index in [1.54, 1.807) is 17.3 Å². The number of pyridine rings is 2. The molecular weight excluding hydrogens is 404 g/mol. The van der Waals surface area contributed by atoms with E-state index in [0.717, 1.165) is 55.6 Å². The van der Waals surface area contributed by atoms with Crippen LogP contribution in [-0.4, -0.2) is 37.2 Å². The third-order valence-corrected chi connectivity index (χ3v) is 6.61. The van der Waals surface area contributed by atoms with E-state index < -0.39 is 0 Å². The Kier molecular flexibility index (Phi) is 5.58. The zero-order valence-corrected chi connectivity index (χ0v) is 18.1. The highest BCUT2D eigenvalue weighted by molar-refractivity contribution is 5.78. The molecule has 164 valence electrons. The van der Waals surface area contributed by atoms with Crippen molar-refractivity contribution in [2.75, 3.05) is 6.61 Å². The largest absolute Gasteiger partial charge is 0.272 e. The Labute approximate surface area is 186 Å². The Hall–Kier alpha value is -3.31. The second-order valence-electron chi connectivity index (χ2n) is 8.84. The molecule has 3 aromatic rings. The molecule has 1 saturated heterocycles. The molecule has 2 fully saturated rings. The standard InChI is InChI=1S/C24H26N6O2/c1-16-27-23-7-4-18(15-29(23)28-16)10-17-2-5-20(6-3-17)24(31)30-22(8-9-32-30)21-11-19(12-25)13-26-14-21/h4,7,11,13-15,17,20,22H,2-3,5-6,8-10H2,1H3/t17-,20-,22-/m0/s1. The molecule has 2 aliphatic rings. The van der Waals surface area contributed by atoms with Gasteiger partial charge in [-0.15, -0.1) is 0 Å². The maximum absolute atomic E-state index is 13.2. The molecule has 8 nitrogen and oxygen atoms in total. The topological polar surface area (TPSA) is 96.4 Å². The van der Waals surface area contributed by atoms with Crippen molar-refractivity contribution in [1.29, 1.82) is 5.26 Å². The van der Waals surface area contributed by atoms with Gasteiger partial charge in [-0.1, -0.05) is 6.07 Å². The Morgan fingerprint density at radius 2 is 2.06 bits per heavy atom. The van der Waals surface area contributed by atoms with Gasteiger partial charge in [0, 0.05) is 30.9 Å². The SMILES string of the molecule is Cc1nc2ccc(C[C@H]3CC[C@H](C(=O)N4OCC[C@H]4c4cncc(C#N)c4)CC3)cn2n1. The van der Waals surface area contributed by atoms with E-state index in [9.17, 15) is 4.79 Å². The first kappa shape index (κ1) is 20.6. The van der Waals surface area contributed by atoms with Gasteiger partial charge in [0.2, 0.25) is 5.91 Å². The first-order valence-electron chi connectivity index (χ1n) is 11.2. The highest BCUT2D eigenvalue weighted by Crippen LogP contribution is 2.37. The molecule has 5 rings (SSSR count). The molecule has 4 heterocycles. The summed E-state index contributed by atoms with van der Waals surface area (Å²) in [5.41, 5.74) is 3.49. The predicted octanol–water partition coefficient (Wildman–Crippen LogP) is 3.56. The first-order chi connectivity index (χ1) is 15.6. The monoisotopic (exact) mass is 430 g/mol. The van der Waals surface area contributed by atoms with Crippen molar-refractivity contribution in [3.05, 3.63) is 59.3 Å². The van der Waals surface area contributed by atoms with Crippen LogP contribution < -0.4 is 0 Å². The van der Waals surface area contributed by atoms with Crippen molar-refractivity contribution < 1.29 is 9.63 Å². The van der Waals surface area contributed by atoms with Crippen LogP contribution in [0.15, 0.2) is 36.8 Å². The molecule has 1 atom stereocenters. The quantitative estimate of drug-likeness (QED) is 0.628. The third kappa shape index (κ3) is 4.08. The number of carbonyl (C=O) groups is 1. The van der Waals surface area contributed by atoms with Crippen LogP contribution >= 0.6 is 0 Å². The minimum Gasteiger partial charge on any atom is -0.272 e. The van der Waals surface area contributed by atoms with E-state index in [2.05, 4.69) is 33.4 Å². The summed E-state index contributed by atoms with van der Waals surface area (Å²) in [5, 5.41) is 15.1. The number of hydrogen-bond acceptors (Lipinski definition) is 6. The van der Waals surface area contributed by atoms with Crippen molar-refractivity contribution in [2.24, 2.45) is 11.8 Å². The van der Waals surface area contributed by atoms with Crippen LogP contribution in [0.25, 0.3) is 5.65 Å². The van der Waals surface area contributed by atoms with Gasteiger partial charge in [0.25, 0.3) is 0 Å². The highest BCUT2D eigenvalue weighted by Gasteiger charge is 2.37. The number of hydroxylamine groups is 2. The minimum absolute atomic E-state index is 0.0144. The van der Waals surface area contributed by atoms with Crippen LogP contribution in [-0.2, 0) is 16.1 Å². The molecule has 0 spiro atoms. The fraction of sp³-hybridized carbons (Fsp3) is 0.458. The highest BCUT2D eigenvalue weighted by atomic mass is 16.7. The molecule has 32 heavy (non-hydrogen) atoms. The van der Waals surface area contributed by atoms with E-state index in [-0.39, 0.29) is 17.9 Å². The normalized spacial score (nSPS) is 23.4. The van der Waals surface area contributed by atoms with Gasteiger partial charge in [0.15, 0.2) is 5.65 Å². The first-order valence-corrected chi connectivity index (χ1v) is 11.2. The molecule has 0 unspecified atom stereocenters. The number of fused-ring (bicyclic) bond motifs is 1. The molecule has 1 aliphatic heterocycles. The average molecular weight is 431 g/mol. The van der Waals surface area contributed by atoms with Crippen LogP contribution in [0.3, 0.4) is 0 Å². The van der Waals surface area contributed by atoms with Crippen molar-refractivity contribution >= 4 is 11.6 Å². The summed E-state index contributed by atoms with van der Waals surface area (Å²) >= 11 is 0. The number of nitriles is 1. The van der Waals surface area contributed by atoms with Gasteiger partial charge in [-0.25, -0.2) is 14.6 Å². The smallest absolute Gasteiger partial charge is 0.249 e. The van der Waals surface area contributed by atoms with Gasteiger partial charge in [-0.2, -0.15) is 10.4 Å². The number of rotatable bonds is 4. The van der Waals surface area contributed by atoms with Gasteiger partial charge < -0.3 is 0 Å². The molecule has 0 bridgehead atoms. The molecule has 0 N–H and O–H groups in total. The van der Waals surface area contributed by atoms with Gasteiger partial charge >= 0.3 is 0 Å². The second-order valence-corrected chi connectivity index (χ2v) is 8.84. The van der Waals surface area contributed by atoms with Crippen molar-refractivity contribution in [1.82, 2.24) is 24.6 Å². The van der Waals surface area contributed by atoms with Gasteiger partial charge in [-0.3, -0.25) is 14.6 Å². The zero-order valence-electron chi connectivity index (χ0n) is 18.1. The lowest BCUT2D eigenvalue weighted by Gasteiger charge is -2.32. The summed E-state index contributed by atoms with van der Waals surface area (Å²) in [6.45, 7) is 2.41. The molecular formula is C24H26N6O2. The molecule has 1 saturated carbocycles. The predicted molar refractivity (Wildman–Crippen MR) is 116 cm³/mol. The van der Waals surface area contributed by atoms with E-state index in [1.807, 2.05) is 17.5 Å². The lowest BCUT2D eigenvalue weighted by atomic mass is 9.79. The molecule has 1 amide bonds. The van der Waals surface area contributed by atoms with Crippen LogP contribution in [0, 0.1) is 30.1 Å². The molecule has 1 aliphatic carbocycles. The molecule has 3 aromatic heterocycles. The lowest BCUT2D eigenvalue weighted by molar-refractivity contribution is -0.183. The van der Waals surface area contributed by atoms with Crippen molar-refractivity contribution in [3.63, 3.8) is 0 Å². The summed E-state index contributed by atoms with van der Waals surface area (Å²) in [4.78, 5) is 27.5.